The molecule has 0 aliphatic rings. The minimum absolute atomic E-state index is 0.0793. The molecule has 160 valence electrons. The Hall–Kier alpha value is -3.24. The number of rotatable bonds is 11. The molecular weight excluding hydrogens is 382 g/mol. The molecule has 0 fully saturated rings. The van der Waals surface area contributed by atoms with Crippen LogP contribution in [-0.4, -0.2) is 51.8 Å². The van der Waals surface area contributed by atoms with Crippen molar-refractivity contribution in [2.24, 2.45) is 0 Å². The molecule has 0 N–H and O–H groups in total. The van der Waals surface area contributed by atoms with Crippen molar-refractivity contribution in [2.45, 2.75) is 19.9 Å². The Morgan fingerprint density at radius 3 is 2.37 bits per heavy atom. The summed E-state index contributed by atoms with van der Waals surface area (Å²) >= 11 is 0. The standard InChI is InChI=1S/C23H29N3O4/c1-5-30-20-11-8-19(9-12-20)26(14-6-13-24)23(27)17-25(2)16-18-7-10-21(28-3)15-22(18)29-4/h7-12,15H,5-6,14,16-17H2,1-4H3. The number of nitrogens with zero attached hydrogens (tertiary/aromatic N) is 3. The zero-order valence-corrected chi connectivity index (χ0v) is 18.1. The Morgan fingerprint density at radius 2 is 1.77 bits per heavy atom. The van der Waals surface area contributed by atoms with Gasteiger partial charge >= 0.3 is 0 Å². The quantitative estimate of drug-likeness (QED) is 0.564. The van der Waals surface area contributed by atoms with Gasteiger partial charge in [-0.05, 0) is 44.3 Å². The van der Waals surface area contributed by atoms with Gasteiger partial charge < -0.3 is 19.1 Å². The number of methoxy groups -OCH3 is 2. The normalized spacial score (nSPS) is 10.4. The van der Waals surface area contributed by atoms with E-state index in [0.29, 0.717) is 31.2 Å². The number of amides is 1. The van der Waals surface area contributed by atoms with Crippen LogP contribution in [-0.2, 0) is 11.3 Å². The minimum atomic E-state index is -0.0793. The average molecular weight is 412 g/mol. The highest BCUT2D eigenvalue weighted by atomic mass is 16.5. The maximum Gasteiger partial charge on any atom is 0.241 e. The molecule has 0 aromatic heterocycles. The monoisotopic (exact) mass is 411 g/mol. The number of anilines is 1. The van der Waals surface area contributed by atoms with E-state index in [1.807, 2.05) is 61.3 Å². The second kappa shape index (κ2) is 11.7. The fourth-order valence-corrected chi connectivity index (χ4v) is 3.09. The second-order valence-electron chi connectivity index (χ2n) is 6.73. The fourth-order valence-electron chi connectivity index (χ4n) is 3.09. The Bertz CT molecular complexity index is 862. The summed E-state index contributed by atoms with van der Waals surface area (Å²) in [7, 11) is 5.09. The van der Waals surface area contributed by atoms with E-state index in [4.69, 9.17) is 19.5 Å². The van der Waals surface area contributed by atoms with Crippen LogP contribution in [0.15, 0.2) is 42.5 Å². The summed E-state index contributed by atoms with van der Waals surface area (Å²) in [6.07, 6.45) is 0.259. The number of ether oxygens (including phenoxy) is 3. The van der Waals surface area contributed by atoms with Gasteiger partial charge in [-0.2, -0.15) is 5.26 Å². The van der Waals surface area contributed by atoms with Gasteiger partial charge in [0.25, 0.3) is 0 Å². The van der Waals surface area contributed by atoms with Gasteiger partial charge in [0, 0.05) is 30.4 Å². The second-order valence-corrected chi connectivity index (χ2v) is 6.73. The Labute approximate surface area is 178 Å². The van der Waals surface area contributed by atoms with Crippen LogP contribution in [0.1, 0.15) is 18.9 Å². The van der Waals surface area contributed by atoms with Crippen LogP contribution < -0.4 is 19.1 Å². The van der Waals surface area contributed by atoms with Crippen LogP contribution in [0.25, 0.3) is 0 Å². The van der Waals surface area contributed by atoms with Crippen molar-refractivity contribution in [3.8, 4) is 23.3 Å². The van der Waals surface area contributed by atoms with E-state index >= 15 is 0 Å². The van der Waals surface area contributed by atoms with Crippen molar-refractivity contribution in [3.63, 3.8) is 0 Å². The maximum absolute atomic E-state index is 13.0. The van der Waals surface area contributed by atoms with Crippen molar-refractivity contribution in [1.82, 2.24) is 4.90 Å². The zero-order chi connectivity index (χ0) is 21.9. The molecule has 0 radical (unpaired) electrons. The fraction of sp³-hybridized carbons (Fsp3) is 0.391. The highest BCUT2D eigenvalue weighted by molar-refractivity contribution is 5.94. The number of hydrogen-bond acceptors (Lipinski definition) is 6. The first-order valence-electron chi connectivity index (χ1n) is 9.82. The predicted molar refractivity (Wildman–Crippen MR) is 116 cm³/mol. The lowest BCUT2D eigenvalue weighted by molar-refractivity contribution is -0.119. The number of nitriles is 1. The molecule has 0 atom stereocenters. The first-order chi connectivity index (χ1) is 14.5. The Morgan fingerprint density at radius 1 is 1.07 bits per heavy atom. The van der Waals surface area contributed by atoms with Crippen LogP contribution in [0.2, 0.25) is 0 Å². The lowest BCUT2D eigenvalue weighted by Gasteiger charge is -2.25. The maximum atomic E-state index is 13.0. The van der Waals surface area contributed by atoms with Crippen LogP contribution in [0.3, 0.4) is 0 Å². The number of benzene rings is 2. The lowest BCUT2D eigenvalue weighted by Crippen LogP contribution is -2.39. The number of hydrogen-bond donors (Lipinski definition) is 0. The largest absolute Gasteiger partial charge is 0.497 e. The van der Waals surface area contributed by atoms with E-state index in [1.165, 1.54) is 0 Å². The lowest BCUT2D eigenvalue weighted by atomic mass is 10.1. The average Bonchev–Trinajstić information content (AvgIpc) is 2.75. The van der Waals surface area contributed by atoms with Crippen molar-refractivity contribution in [3.05, 3.63) is 48.0 Å². The summed E-state index contributed by atoms with van der Waals surface area (Å²) in [6, 6.07) is 15.1. The summed E-state index contributed by atoms with van der Waals surface area (Å²) in [4.78, 5) is 16.6. The van der Waals surface area contributed by atoms with E-state index < -0.39 is 0 Å². The van der Waals surface area contributed by atoms with E-state index in [1.54, 1.807) is 19.1 Å². The highest BCUT2D eigenvalue weighted by Gasteiger charge is 2.18. The molecule has 0 saturated heterocycles. The minimum Gasteiger partial charge on any atom is -0.497 e. The van der Waals surface area contributed by atoms with Gasteiger partial charge in [0.15, 0.2) is 0 Å². The summed E-state index contributed by atoms with van der Waals surface area (Å²) in [6.45, 7) is 3.57. The first-order valence-corrected chi connectivity index (χ1v) is 9.82. The van der Waals surface area contributed by atoms with Crippen LogP contribution >= 0.6 is 0 Å². The molecule has 0 saturated carbocycles. The third kappa shape index (κ3) is 6.39. The molecule has 30 heavy (non-hydrogen) atoms. The highest BCUT2D eigenvalue weighted by Crippen LogP contribution is 2.26. The summed E-state index contributed by atoms with van der Waals surface area (Å²) in [5, 5.41) is 8.99. The van der Waals surface area contributed by atoms with E-state index in [0.717, 1.165) is 17.0 Å². The molecule has 0 spiro atoms. The molecule has 2 rings (SSSR count). The zero-order valence-electron chi connectivity index (χ0n) is 18.1. The molecule has 7 nitrogen and oxygen atoms in total. The molecule has 7 heteroatoms. The van der Waals surface area contributed by atoms with Crippen LogP contribution in [0, 0.1) is 11.3 Å². The molecule has 0 unspecified atom stereocenters. The van der Waals surface area contributed by atoms with E-state index in [-0.39, 0.29) is 18.9 Å². The SMILES string of the molecule is CCOc1ccc(N(CCC#N)C(=O)CN(C)Cc2ccc(OC)cc2OC)cc1. The number of carbonyl (C=O) groups is 1. The molecule has 0 heterocycles. The van der Waals surface area contributed by atoms with Gasteiger partial charge in [-0.25, -0.2) is 0 Å². The van der Waals surface area contributed by atoms with Crippen molar-refractivity contribution < 1.29 is 19.0 Å². The van der Waals surface area contributed by atoms with Crippen LogP contribution in [0.4, 0.5) is 5.69 Å². The Balaban J connectivity index is 2.10. The molecule has 0 bridgehead atoms. The number of carbonyl (C=O) groups excluding carboxylic acids is 1. The van der Waals surface area contributed by atoms with E-state index in [2.05, 4.69) is 6.07 Å². The smallest absolute Gasteiger partial charge is 0.241 e. The predicted octanol–water partition coefficient (Wildman–Crippen LogP) is 3.48. The molecule has 2 aromatic carbocycles. The topological polar surface area (TPSA) is 75.0 Å². The Kier molecular flexibility index (Phi) is 8.98. The summed E-state index contributed by atoms with van der Waals surface area (Å²) in [5.41, 5.74) is 1.70. The summed E-state index contributed by atoms with van der Waals surface area (Å²) < 4.78 is 16.1. The number of likely N-dealkylation sites (N-methyl/N-ethyl adjacent to an activating group) is 1. The van der Waals surface area contributed by atoms with Crippen molar-refractivity contribution >= 4 is 11.6 Å². The molecule has 0 aliphatic carbocycles. The van der Waals surface area contributed by atoms with Gasteiger partial charge in [0.05, 0.1) is 39.9 Å². The first kappa shape index (κ1) is 23.0. The van der Waals surface area contributed by atoms with Gasteiger partial charge in [0.2, 0.25) is 5.91 Å². The third-order valence-electron chi connectivity index (χ3n) is 4.55. The van der Waals surface area contributed by atoms with Gasteiger partial charge in [-0.3, -0.25) is 9.69 Å². The van der Waals surface area contributed by atoms with Crippen molar-refractivity contribution in [1.29, 1.82) is 5.26 Å². The molecule has 1 amide bonds. The van der Waals surface area contributed by atoms with Gasteiger partial charge in [-0.15, -0.1) is 0 Å². The summed E-state index contributed by atoms with van der Waals surface area (Å²) in [5.74, 6) is 2.09. The van der Waals surface area contributed by atoms with Gasteiger partial charge in [0.1, 0.15) is 17.2 Å². The third-order valence-corrected chi connectivity index (χ3v) is 4.55. The molecule has 0 aliphatic heterocycles. The van der Waals surface area contributed by atoms with Crippen molar-refractivity contribution in [2.75, 3.05) is 45.9 Å². The van der Waals surface area contributed by atoms with Gasteiger partial charge in [-0.1, -0.05) is 6.07 Å². The van der Waals surface area contributed by atoms with E-state index in [9.17, 15) is 4.79 Å². The molecular formula is C23H29N3O4. The van der Waals surface area contributed by atoms with Crippen LogP contribution in [0.5, 0.6) is 17.2 Å². The molecule has 2 aromatic rings.